The van der Waals surface area contributed by atoms with E-state index in [9.17, 15) is 4.39 Å². The number of aryl methyl sites for hydroxylation is 1. The van der Waals surface area contributed by atoms with Crippen molar-refractivity contribution in [3.05, 3.63) is 89.2 Å². The quantitative estimate of drug-likeness (QED) is 0.348. The van der Waals surface area contributed by atoms with Gasteiger partial charge in [-0.2, -0.15) is 0 Å². The van der Waals surface area contributed by atoms with Crippen molar-refractivity contribution in [3.8, 4) is 28.7 Å². The molecule has 3 rings (SSSR count). The molecule has 0 atom stereocenters. The number of benzene rings is 3. The molecule has 0 aliphatic carbocycles. The lowest BCUT2D eigenvalue weighted by Crippen LogP contribution is -1.95. The zero-order chi connectivity index (χ0) is 19.8. The van der Waals surface area contributed by atoms with Gasteiger partial charge in [-0.3, -0.25) is 0 Å². The molecule has 0 aliphatic heterocycles. The first-order chi connectivity index (χ1) is 13.7. The van der Waals surface area contributed by atoms with E-state index in [1.165, 1.54) is 11.6 Å². The molecule has 142 valence electrons. The van der Waals surface area contributed by atoms with Crippen LogP contribution < -0.4 is 4.74 Å². The molecular weight excluding hydrogens is 347 g/mol. The Morgan fingerprint density at radius 3 is 2.14 bits per heavy atom. The largest absolute Gasteiger partial charge is 0.494 e. The molecule has 0 bridgehead atoms. The van der Waals surface area contributed by atoms with Crippen molar-refractivity contribution >= 4 is 0 Å². The first-order valence-electron chi connectivity index (χ1n) is 9.83. The second-order valence-electron chi connectivity index (χ2n) is 6.72. The lowest BCUT2D eigenvalue weighted by Gasteiger charge is -2.05. The van der Waals surface area contributed by atoms with E-state index in [2.05, 4.69) is 25.7 Å². The lowest BCUT2D eigenvalue weighted by atomic mass is 10.0. The van der Waals surface area contributed by atoms with Crippen LogP contribution in [0.15, 0.2) is 66.7 Å². The number of hydrogen-bond donors (Lipinski definition) is 0. The van der Waals surface area contributed by atoms with Crippen molar-refractivity contribution < 1.29 is 9.13 Å². The fraction of sp³-hybridized carbons (Fsp3) is 0.231. The monoisotopic (exact) mass is 372 g/mol. The van der Waals surface area contributed by atoms with E-state index in [4.69, 9.17) is 4.74 Å². The van der Waals surface area contributed by atoms with Gasteiger partial charge in [0.2, 0.25) is 0 Å². The average Bonchev–Trinajstić information content (AvgIpc) is 2.73. The van der Waals surface area contributed by atoms with Gasteiger partial charge in [0.1, 0.15) is 11.6 Å². The molecule has 0 radical (unpaired) electrons. The Morgan fingerprint density at radius 1 is 0.821 bits per heavy atom. The molecule has 0 saturated heterocycles. The van der Waals surface area contributed by atoms with Gasteiger partial charge in [-0.25, -0.2) is 4.39 Å². The van der Waals surface area contributed by atoms with Crippen molar-refractivity contribution in [1.82, 2.24) is 0 Å². The van der Waals surface area contributed by atoms with E-state index >= 15 is 0 Å². The van der Waals surface area contributed by atoms with Gasteiger partial charge in [0, 0.05) is 16.7 Å². The lowest BCUT2D eigenvalue weighted by molar-refractivity contribution is 0.309. The maximum absolute atomic E-state index is 14.6. The normalized spacial score (nSPS) is 10.2. The highest BCUT2D eigenvalue weighted by atomic mass is 19.1. The smallest absolute Gasteiger partial charge is 0.132 e. The third-order valence-electron chi connectivity index (χ3n) is 4.61. The summed E-state index contributed by atoms with van der Waals surface area (Å²) in [7, 11) is 0. The Bertz CT molecular complexity index is 960. The van der Waals surface area contributed by atoms with Crippen molar-refractivity contribution in [1.29, 1.82) is 0 Å². The first kappa shape index (κ1) is 19.7. The maximum Gasteiger partial charge on any atom is 0.132 e. The Hall–Kier alpha value is -3.05. The Morgan fingerprint density at radius 2 is 1.50 bits per heavy atom. The van der Waals surface area contributed by atoms with E-state index in [1.807, 2.05) is 54.6 Å². The molecule has 0 saturated carbocycles. The SMILES string of the molecule is CCCCOc1ccc(C#Cc2ccc(-c3ccc(CC)cc3)c(F)c2)cc1. The van der Waals surface area contributed by atoms with Crippen molar-refractivity contribution in [2.45, 2.75) is 33.1 Å². The third-order valence-corrected chi connectivity index (χ3v) is 4.61. The number of hydrogen-bond acceptors (Lipinski definition) is 1. The standard InChI is InChI=1S/C26H25FO/c1-3-5-18-28-24-15-10-21(11-16-24)6-7-22-12-17-25(26(27)19-22)23-13-8-20(4-2)9-14-23/h8-17,19H,3-5,18H2,1-2H3. The number of rotatable bonds is 6. The van der Waals surface area contributed by atoms with Crippen LogP contribution in [0.2, 0.25) is 0 Å². The summed E-state index contributed by atoms with van der Waals surface area (Å²) in [5, 5.41) is 0. The van der Waals surface area contributed by atoms with E-state index < -0.39 is 0 Å². The summed E-state index contributed by atoms with van der Waals surface area (Å²) in [6.45, 7) is 4.98. The van der Waals surface area contributed by atoms with Crippen LogP contribution in [0.1, 0.15) is 43.4 Å². The summed E-state index contributed by atoms with van der Waals surface area (Å²) in [6, 6.07) is 20.9. The third kappa shape index (κ3) is 5.24. The predicted octanol–water partition coefficient (Wildman–Crippen LogP) is 6.63. The number of ether oxygens (including phenoxy) is 1. The Kier molecular flexibility index (Phi) is 6.87. The van der Waals surface area contributed by atoms with Crippen LogP contribution in [-0.4, -0.2) is 6.61 Å². The van der Waals surface area contributed by atoms with Gasteiger partial charge in [-0.15, -0.1) is 0 Å². The summed E-state index contributed by atoms with van der Waals surface area (Å²) in [5.41, 5.74) is 4.26. The van der Waals surface area contributed by atoms with E-state index in [-0.39, 0.29) is 5.82 Å². The topological polar surface area (TPSA) is 9.23 Å². The maximum atomic E-state index is 14.6. The van der Waals surface area contributed by atoms with Crippen molar-refractivity contribution in [3.63, 3.8) is 0 Å². The highest BCUT2D eigenvalue weighted by Gasteiger charge is 2.05. The van der Waals surface area contributed by atoms with Gasteiger partial charge in [-0.1, -0.05) is 62.4 Å². The molecule has 0 amide bonds. The Labute approximate surface area is 167 Å². The molecule has 0 spiro atoms. The van der Waals surface area contributed by atoms with Gasteiger partial charge in [-0.05, 0) is 60.4 Å². The number of unbranched alkanes of at least 4 members (excludes halogenated alkanes) is 1. The van der Waals surface area contributed by atoms with Gasteiger partial charge in [0.05, 0.1) is 6.61 Å². The molecule has 0 heterocycles. The van der Waals surface area contributed by atoms with Crippen LogP contribution in [0, 0.1) is 17.7 Å². The number of halogens is 1. The molecule has 0 N–H and O–H groups in total. The van der Waals surface area contributed by atoms with Crippen LogP contribution in [0.25, 0.3) is 11.1 Å². The molecule has 0 aliphatic rings. The second-order valence-corrected chi connectivity index (χ2v) is 6.72. The minimum absolute atomic E-state index is 0.254. The van der Waals surface area contributed by atoms with Crippen LogP contribution in [0.5, 0.6) is 5.75 Å². The summed E-state index contributed by atoms with van der Waals surface area (Å²) in [4.78, 5) is 0. The molecule has 0 aromatic heterocycles. The van der Waals surface area contributed by atoms with Gasteiger partial charge in [0.15, 0.2) is 0 Å². The van der Waals surface area contributed by atoms with E-state index in [1.54, 1.807) is 6.07 Å². The molecule has 1 nitrogen and oxygen atoms in total. The van der Waals surface area contributed by atoms with Crippen LogP contribution >= 0.6 is 0 Å². The van der Waals surface area contributed by atoms with Gasteiger partial charge in [0.25, 0.3) is 0 Å². The molecule has 0 unspecified atom stereocenters. The summed E-state index contributed by atoms with van der Waals surface area (Å²) in [6.07, 6.45) is 3.14. The molecule has 3 aromatic rings. The van der Waals surface area contributed by atoms with Gasteiger partial charge < -0.3 is 4.74 Å². The first-order valence-corrected chi connectivity index (χ1v) is 9.83. The summed E-state index contributed by atoms with van der Waals surface area (Å²) >= 11 is 0. The van der Waals surface area contributed by atoms with E-state index in [0.29, 0.717) is 11.1 Å². The summed E-state index contributed by atoms with van der Waals surface area (Å²) < 4.78 is 20.2. The zero-order valence-corrected chi connectivity index (χ0v) is 16.5. The fourth-order valence-corrected chi connectivity index (χ4v) is 2.86. The molecule has 3 aromatic carbocycles. The highest BCUT2D eigenvalue weighted by molar-refractivity contribution is 5.65. The predicted molar refractivity (Wildman–Crippen MR) is 114 cm³/mol. The zero-order valence-electron chi connectivity index (χ0n) is 16.5. The molecule has 2 heteroatoms. The van der Waals surface area contributed by atoms with Crippen LogP contribution in [-0.2, 0) is 6.42 Å². The minimum atomic E-state index is -0.254. The van der Waals surface area contributed by atoms with Crippen molar-refractivity contribution in [2.75, 3.05) is 6.61 Å². The minimum Gasteiger partial charge on any atom is -0.494 e. The van der Waals surface area contributed by atoms with Crippen LogP contribution in [0.3, 0.4) is 0 Å². The Balaban J connectivity index is 1.71. The molecule has 28 heavy (non-hydrogen) atoms. The average molecular weight is 372 g/mol. The summed E-state index contributed by atoms with van der Waals surface area (Å²) in [5.74, 6) is 6.72. The van der Waals surface area contributed by atoms with Crippen LogP contribution in [0.4, 0.5) is 4.39 Å². The van der Waals surface area contributed by atoms with E-state index in [0.717, 1.165) is 42.7 Å². The fourth-order valence-electron chi connectivity index (χ4n) is 2.86. The molecular formula is C26H25FO. The molecule has 0 fully saturated rings. The second kappa shape index (κ2) is 9.76. The highest BCUT2D eigenvalue weighted by Crippen LogP contribution is 2.24. The van der Waals surface area contributed by atoms with Crippen molar-refractivity contribution in [2.24, 2.45) is 0 Å². The van der Waals surface area contributed by atoms with Gasteiger partial charge >= 0.3 is 0 Å².